The van der Waals surface area contributed by atoms with Gasteiger partial charge in [-0.2, -0.15) is 13.2 Å². The second kappa shape index (κ2) is 9.22. The van der Waals surface area contributed by atoms with Crippen LogP contribution in [-0.4, -0.2) is 85.6 Å². The van der Waals surface area contributed by atoms with Crippen LogP contribution in [0.2, 0.25) is 0 Å². The lowest BCUT2D eigenvalue weighted by Gasteiger charge is -2.42. The van der Waals surface area contributed by atoms with E-state index in [0.29, 0.717) is 26.3 Å². The number of alkyl halides is 3. The van der Waals surface area contributed by atoms with Gasteiger partial charge in [0.15, 0.2) is 0 Å². The molecule has 3 heterocycles. The largest absolute Gasteiger partial charge is 0.490 e. The average Bonchev–Trinajstić information content (AvgIpc) is 2.84. The standard InChI is InChI=1S/C14H22N4O3S.C2HF3O2/c1-22(19,20)18-6-2-3-14(11-18)10-17(7-8-21-12-14)13-9-15-4-5-16-13;3-2(4,5)1(6)7/h4-5,9H,2-3,6-8,10-12H2,1H3;(H,6,7). The Morgan fingerprint density at radius 2 is 1.97 bits per heavy atom. The molecule has 3 rings (SSSR count). The van der Waals surface area contributed by atoms with Gasteiger partial charge < -0.3 is 14.7 Å². The van der Waals surface area contributed by atoms with E-state index in [0.717, 1.165) is 31.7 Å². The van der Waals surface area contributed by atoms with Gasteiger partial charge in [-0.1, -0.05) is 0 Å². The lowest BCUT2D eigenvalue weighted by atomic mass is 9.81. The molecule has 2 aliphatic rings. The summed E-state index contributed by atoms with van der Waals surface area (Å²) in [5.74, 6) is -1.93. The van der Waals surface area contributed by atoms with E-state index in [-0.39, 0.29) is 5.41 Å². The van der Waals surface area contributed by atoms with E-state index in [1.54, 1.807) is 22.9 Å². The quantitative estimate of drug-likeness (QED) is 0.725. The smallest absolute Gasteiger partial charge is 0.475 e. The van der Waals surface area contributed by atoms with Gasteiger partial charge in [-0.3, -0.25) is 4.98 Å². The van der Waals surface area contributed by atoms with Crippen molar-refractivity contribution >= 4 is 21.8 Å². The van der Waals surface area contributed by atoms with Gasteiger partial charge in [0.2, 0.25) is 10.0 Å². The van der Waals surface area contributed by atoms with Gasteiger partial charge in [0.1, 0.15) is 5.82 Å². The molecule has 2 saturated heterocycles. The Kier molecular flexibility index (Phi) is 7.40. The summed E-state index contributed by atoms with van der Waals surface area (Å²) in [6.45, 7) is 3.83. The zero-order valence-corrected chi connectivity index (χ0v) is 16.6. The zero-order chi connectivity index (χ0) is 21.7. The molecule has 1 atom stereocenters. The number of aromatic nitrogens is 2. The van der Waals surface area contributed by atoms with Gasteiger partial charge in [-0.25, -0.2) is 22.5 Å². The number of sulfonamides is 1. The first kappa shape index (κ1) is 23.3. The van der Waals surface area contributed by atoms with Crippen LogP contribution in [0.15, 0.2) is 18.6 Å². The van der Waals surface area contributed by atoms with Crippen LogP contribution in [0.25, 0.3) is 0 Å². The predicted octanol–water partition coefficient (Wildman–Crippen LogP) is 0.988. The van der Waals surface area contributed by atoms with Crippen LogP contribution in [0, 0.1) is 5.41 Å². The van der Waals surface area contributed by atoms with Crippen LogP contribution in [0.5, 0.6) is 0 Å². The number of ether oxygens (including phenoxy) is 1. The minimum Gasteiger partial charge on any atom is -0.475 e. The van der Waals surface area contributed by atoms with Gasteiger partial charge in [0.25, 0.3) is 0 Å². The van der Waals surface area contributed by atoms with Crippen LogP contribution in [-0.2, 0) is 19.6 Å². The van der Waals surface area contributed by atoms with Gasteiger partial charge in [-0.15, -0.1) is 0 Å². The highest BCUT2D eigenvalue weighted by Crippen LogP contribution is 2.34. The van der Waals surface area contributed by atoms with Gasteiger partial charge in [0, 0.05) is 44.0 Å². The molecule has 0 bridgehead atoms. The maximum Gasteiger partial charge on any atom is 0.490 e. The third kappa shape index (κ3) is 6.78. The van der Waals surface area contributed by atoms with E-state index in [2.05, 4.69) is 14.9 Å². The molecular formula is C16H23F3N4O5S. The van der Waals surface area contributed by atoms with E-state index in [4.69, 9.17) is 14.6 Å². The molecule has 0 amide bonds. The second-order valence-electron chi connectivity index (χ2n) is 7.04. The van der Waals surface area contributed by atoms with E-state index in [1.165, 1.54) is 6.26 Å². The van der Waals surface area contributed by atoms with E-state index >= 15 is 0 Å². The predicted molar refractivity (Wildman–Crippen MR) is 96.8 cm³/mol. The zero-order valence-electron chi connectivity index (χ0n) is 15.8. The first-order chi connectivity index (χ1) is 13.4. The van der Waals surface area contributed by atoms with Crippen molar-refractivity contribution in [2.45, 2.75) is 19.0 Å². The molecule has 0 saturated carbocycles. The number of hydrogen-bond acceptors (Lipinski definition) is 7. The molecule has 0 aromatic carbocycles. The van der Waals surface area contributed by atoms with Crippen LogP contribution >= 0.6 is 0 Å². The number of carbonyl (C=O) groups is 1. The number of rotatable bonds is 2. The summed E-state index contributed by atoms with van der Waals surface area (Å²) in [4.78, 5) is 19.5. The van der Waals surface area contributed by atoms with Gasteiger partial charge >= 0.3 is 12.1 Å². The Labute approximate surface area is 166 Å². The van der Waals surface area contributed by atoms with Crippen molar-refractivity contribution in [2.24, 2.45) is 5.41 Å². The molecule has 29 heavy (non-hydrogen) atoms. The minimum absolute atomic E-state index is 0.171. The van der Waals surface area contributed by atoms with Crippen molar-refractivity contribution in [3.05, 3.63) is 18.6 Å². The second-order valence-corrected chi connectivity index (χ2v) is 9.02. The molecule has 0 aliphatic carbocycles. The highest BCUT2D eigenvalue weighted by Gasteiger charge is 2.41. The molecule has 9 nitrogen and oxygen atoms in total. The molecule has 2 aliphatic heterocycles. The van der Waals surface area contributed by atoms with Gasteiger partial charge in [0.05, 0.1) is 25.7 Å². The first-order valence-electron chi connectivity index (χ1n) is 8.77. The Bertz CT molecular complexity index is 793. The third-order valence-corrected chi connectivity index (χ3v) is 5.90. The monoisotopic (exact) mass is 440 g/mol. The van der Waals surface area contributed by atoms with Crippen molar-refractivity contribution in [3.63, 3.8) is 0 Å². The number of carboxylic acids is 1. The van der Waals surface area contributed by atoms with Crippen molar-refractivity contribution in [1.29, 1.82) is 0 Å². The van der Waals surface area contributed by atoms with Crippen molar-refractivity contribution in [3.8, 4) is 0 Å². The average molecular weight is 440 g/mol. The Morgan fingerprint density at radius 1 is 1.28 bits per heavy atom. The van der Waals surface area contributed by atoms with E-state index < -0.39 is 22.2 Å². The Morgan fingerprint density at radius 3 is 2.52 bits per heavy atom. The Hall–Kier alpha value is -1.99. The summed E-state index contributed by atoms with van der Waals surface area (Å²) in [5.41, 5.74) is -0.171. The number of aliphatic carboxylic acids is 1. The van der Waals surface area contributed by atoms with Crippen molar-refractivity contribution in [1.82, 2.24) is 14.3 Å². The maximum atomic E-state index is 11.9. The highest BCUT2D eigenvalue weighted by atomic mass is 32.2. The molecule has 13 heteroatoms. The van der Waals surface area contributed by atoms with Crippen molar-refractivity contribution in [2.75, 3.05) is 50.5 Å². The number of nitrogens with zero attached hydrogens (tertiary/aromatic N) is 4. The lowest BCUT2D eigenvalue weighted by Crippen LogP contribution is -2.52. The molecule has 1 unspecified atom stereocenters. The van der Waals surface area contributed by atoms with E-state index in [1.807, 2.05) is 0 Å². The Balaban J connectivity index is 0.000000370. The minimum atomic E-state index is -5.08. The molecule has 1 spiro atoms. The van der Waals surface area contributed by atoms with Crippen molar-refractivity contribution < 1.29 is 36.2 Å². The fourth-order valence-electron chi connectivity index (χ4n) is 3.34. The summed E-state index contributed by atoms with van der Waals surface area (Å²) in [7, 11) is -3.16. The molecule has 1 aromatic heterocycles. The van der Waals surface area contributed by atoms with Crippen LogP contribution < -0.4 is 4.90 Å². The first-order valence-corrected chi connectivity index (χ1v) is 10.6. The van der Waals surface area contributed by atoms with Crippen LogP contribution in [0.4, 0.5) is 19.0 Å². The summed E-state index contributed by atoms with van der Waals surface area (Å²) >= 11 is 0. The maximum absolute atomic E-state index is 11.9. The molecule has 164 valence electrons. The number of hydrogen-bond donors (Lipinski definition) is 1. The van der Waals surface area contributed by atoms with Gasteiger partial charge in [-0.05, 0) is 12.8 Å². The summed E-state index contributed by atoms with van der Waals surface area (Å²) in [5, 5.41) is 7.12. The van der Waals surface area contributed by atoms with Crippen LogP contribution in [0.3, 0.4) is 0 Å². The molecule has 0 radical (unpaired) electrons. The van der Waals surface area contributed by atoms with E-state index in [9.17, 15) is 21.6 Å². The number of halogens is 3. The van der Waals surface area contributed by atoms with Crippen LogP contribution in [0.1, 0.15) is 12.8 Å². The number of carboxylic acid groups (broad SMARTS) is 1. The fraction of sp³-hybridized carbons (Fsp3) is 0.688. The normalized spacial score (nSPS) is 23.8. The number of anilines is 1. The number of piperidine rings is 1. The molecule has 1 N–H and O–H groups in total. The molecule has 1 aromatic rings. The summed E-state index contributed by atoms with van der Waals surface area (Å²) < 4.78 is 62.9. The summed E-state index contributed by atoms with van der Waals surface area (Å²) in [6.07, 6.45) is 3.11. The SMILES string of the molecule is CS(=O)(=O)N1CCCC2(COCCN(c3cnccn3)C2)C1.O=C(O)C(F)(F)F. The molecule has 2 fully saturated rings. The fourth-order valence-corrected chi connectivity index (χ4v) is 4.30. The highest BCUT2D eigenvalue weighted by molar-refractivity contribution is 7.88. The topological polar surface area (TPSA) is 113 Å². The lowest BCUT2D eigenvalue weighted by molar-refractivity contribution is -0.192. The molecular weight excluding hydrogens is 417 g/mol. The summed E-state index contributed by atoms with van der Waals surface area (Å²) in [6, 6.07) is 0. The third-order valence-electron chi connectivity index (χ3n) is 4.65.